The number of hydrogen-bond acceptors (Lipinski definition) is 7. The molecule has 4 rings (SSSR count). The first-order valence-corrected chi connectivity index (χ1v) is 11.3. The van der Waals surface area contributed by atoms with Crippen LogP contribution in [0.15, 0.2) is 51.6 Å². The number of thiophene rings is 1. The SMILES string of the molecule is O=C(CN1CCN(C(=O)CCc2nnc(-c3ccsc3)o2)CC1)NCc1ccccc1. The molecular weight excluding hydrogens is 414 g/mol. The van der Waals surface area contributed by atoms with Crippen LogP contribution in [0.4, 0.5) is 0 Å². The summed E-state index contributed by atoms with van der Waals surface area (Å²) in [5.74, 6) is 1.04. The molecule has 3 aromatic rings. The maximum Gasteiger partial charge on any atom is 0.248 e. The smallest absolute Gasteiger partial charge is 0.248 e. The highest BCUT2D eigenvalue weighted by Gasteiger charge is 2.22. The molecule has 3 heterocycles. The van der Waals surface area contributed by atoms with Crippen LogP contribution in [0, 0.1) is 0 Å². The molecule has 2 aromatic heterocycles. The number of rotatable bonds is 8. The minimum atomic E-state index is 0.00134. The molecule has 0 aliphatic carbocycles. The Bertz CT molecular complexity index is 982. The Hall–Kier alpha value is -3.04. The largest absolute Gasteiger partial charge is 0.421 e. The van der Waals surface area contributed by atoms with Crippen molar-refractivity contribution in [2.45, 2.75) is 19.4 Å². The number of aryl methyl sites for hydroxylation is 1. The normalized spacial score (nSPS) is 14.5. The number of hydrogen-bond donors (Lipinski definition) is 1. The summed E-state index contributed by atoms with van der Waals surface area (Å²) < 4.78 is 5.64. The summed E-state index contributed by atoms with van der Waals surface area (Å²) in [6.45, 7) is 3.49. The second kappa shape index (κ2) is 10.3. The molecule has 162 valence electrons. The van der Waals surface area contributed by atoms with Crippen molar-refractivity contribution in [3.8, 4) is 11.5 Å². The van der Waals surface area contributed by atoms with Crippen LogP contribution in [0.2, 0.25) is 0 Å². The van der Waals surface area contributed by atoms with Gasteiger partial charge in [-0.25, -0.2) is 0 Å². The molecule has 1 aliphatic heterocycles. The van der Waals surface area contributed by atoms with Crippen LogP contribution in [-0.4, -0.2) is 64.5 Å². The Morgan fingerprint density at radius 2 is 1.87 bits per heavy atom. The molecule has 1 N–H and O–H groups in total. The van der Waals surface area contributed by atoms with Gasteiger partial charge < -0.3 is 14.6 Å². The van der Waals surface area contributed by atoms with Gasteiger partial charge in [0, 0.05) is 56.5 Å². The van der Waals surface area contributed by atoms with Crippen LogP contribution >= 0.6 is 11.3 Å². The Morgan fingerprint density at radius 3 is 2.61 bits per heavy atom. The number of carbonyl (C=O) groups is 2. The number of benzene rings is 1. The predicted octanol–water partition coefficient (Wildman–Crippen LogP) is 2.19. The molecule has 31 heavy (non-hydrogen) atoms. The highest BCUT2D eigenvalue weighted by molar-refractivity contribution is 7.08. The zero-order valence-electron chi connectivity index (χ0n) is 17.2. The summed E-state index contributed by atoms with van der Waals surface area (Å²) >= 11 is 1.57. The maximum atomic E-state index is 12.5. The van der Waals surface area contributed by atoms with E-state index >= 15 is 0 Å². The van der Waals surface area contributed by atoms with Crippen molar-refractivity contribution < 1.29 is 14.0 Å². The molecule has 1 aromatic carbocycles. The first kappa shape index (κ1) is 21.2. The highest BCUT2D eigenvalue weighted by Crippen LogP contribution is 2.21. The molecule has 0 radical (unpaired) electrons. The number of nitrogens with one attached hydrogen (secondary N) is 1. The van der Waals surface area contributed by atoms with Crippen LogP contribution in [0.3, 0.4) is 0 Å². The van der Waals surface area contributed by atoms with Gasteiger partial charge in [0.05, 0.1) is 6.54 Å². The fourth-order valence-electron chi connectivity index (χ4n) is 3.44. The van der Waals surface area contributed by atoms with Crippen molar-refractivity contribution in [2.75, 3.05) is 32.7 Å². The van der Waals surface area contributed by atoms with Gasteiger partial charge in [0.25, 0.3) is 0 Å². The minimum absolute atomic E-state index is 0.00134. The predicted molar refractivity (Wildman–Crippen MR) is 117 cm³/mol. The molecule has 0 unspecified atom stereocenters. The number of nitrogens with zero attached hydrogens (tertiary/aromatic N) is 4. The zero-order valence-corrected chi connectivity index (χ0v) is 18.0. The van der Waals surface area contributed by atoms with Crippen molar-refractivity contribution in [3.05, 3.63) is 58.6 Å². The second-order valence-corrected chi connectivity index (χ2v) is 8.21. The average molecular weight is 440 g/mol. The summed E-state index contributed by atoms with van der Waals surface area (Å²) in [7, 11) is 0. The van der Waals surface area contributed by atoms with Gasteiger partial charge in [0.2, 0.25) is 23.6 Å². The summed E-state index contributed by atoms with van der Waals surface area (Å²) in [6, 6.07) is 11.8. The fourth-order valence-corrected chi connectivity index (χ4v) is 4.07. The van der Waals surface area contributed by atoms with Gasteiger partial charge in [-0.3, -0.25) is 14.5 Å². The third kappa shape index (κ3) is 5.99. The Kier molecular flexibility index (Phi) is 7.06. The molecule has 1 saturated heterocycles. The van der Waals surface area contributed by atoms with E-state index in [4.69, 9.17) is 4.42 Å². The Morgan fingerprint density at radius 1 is 1.06 bits per heavy atom. The zero-order chi connectivity index (χ0) is 21.5. The van der Waals surface area contributed by atoms with Crippen LogP contribution in [0.25, 0.3) is 11.5 Å². The van der Waals surface area contributed by atoms with Crippen LogP contribution in [0.5, 0.6) is 0 Å². The first-order valence-electron chi connectivity index (χ1n) is 10.3. The summed E-state index contributed by atoms with van der Waals surface area (Å²) in [5, 5.41) is 14.9. The number of carbonyl (C=O) groups excluding carboxylic acids is 2. The highest BCUT2D eigenvalue weighted by atomic mass is 32.1. The van der Waals surface area contributed by atoms with Gasteiger partial charge in [0.15, 0.2) is 0 Å². The van der Waals surface area contributed by atoms with E-state index in [1.807, 2.05) is 52.1 Å². The first-order chi connectivity index (χ1) is 15.2. The van der Waals surface area contributed by atoms with Crippen LogP contribution in [0.1, 0.15) is 17.9 Å². The minimum Gasteiger partial charge on any atom is -0.421 e. The van der Waals surface area contributed by atoms with E-state index in [0.717, 1.165) is 11.1 Å². The molecule has 0 spiro atoms. The van der Waals surface area contributed by atoms with Crippen LogP contribution in [-0.2, 0) is 22.6 Å². The van der Waals surface area contributed by atoms with Gasteiger partial charge in [-0.1, -0.05) is 30.3 Å². The molecule has 2 amide bonds. The second-order valence-electron chi connectivity index (χ2n) is 7.43. The van der Waals surface area contributed by atoms with Crippen molar-refractivity contribution in [3.63, 3.8) is 0 Å². The van der Waals surface area contributed by atoms with E-state index in [1.165, 1.54) is 0 Å². The van der Waals surface area contributed by atoms with E-state index in [2.05, 4.69) is 20.4 Å². The molecule has 0 saturated carbocycles. The van der Waals surface area contributed by atoms with Gasteiger partial charge in [-0.15, -0.1) is 10.2 Å². The van der Waals surface area contributed by atoms with E-state index in [-0.39, 0.29) is 11.8 Å². The van der Waals surface area contributed by atoms with E-state index < -0.39 is 0 Å². The Balaban J connectivity index is 1.15. The molecule has 1 fully saturated rings. The van der Waals surface area contributed by atoms with Gasteiger partial charge >= 0.3 is 0 Å². The lowest BCUT2D eigenvalue weighted by Gasteiger charge is -2.34. The third-order valence-electron chi connectivity index (χ3n) is 5.21. The monoisotopic (exact) mass is 439 g/mol. The lowest BCUT2D eigenvalue weighted by molar-refractivity contribution is -0.133. The van der Waals surface area contributed by atoms with Crippen molar-refractivity contribution >= 4 is 23.2 Å². The van der Waals surface area contributed by atoms with Gasteiger partial charge in [0.1, 0.15) is 0 Å². The van der Waals surface area contributed by atoms with Crippen molar-refractivity contribution in [1.82, 2.24) is 25.3 Å². The number of piperazine rings is 1. The summed E-state index contributed by atoms with van der Waals surface area (Å²) in [5.41, 5.74) is 1.98. The molecule has 8 nitrogen and oxygen atoms in total. The summed E-state index contributed by atoms with van der Waals surface area (Å²) in [4.78, 5) is 28.6. The maximum absolute atomic E-state index is 12.5. The standard InChI is InChI=1S/C22H25N5O3S/c28-19(23-14-17-4-2-1-3-5-17)15-26-9-11-27(12-10-26)21(29)7-6-20-24-25-22(30-20)18-8-13-31-16-18/h1-5,8,13,16H,6-7,9-12,14-15H2,(H,23,28). The van der Waals surface area contributed by atoms with E-state index in [0.29, 0.717) is 63.9 Å². The Labute approximate surface area is 184 Å². The molecule has 0 bridgehead atoms. The van der Waals surface area contributed by atoms with Crippen molar-refractivity contribution in [1.29, 1.82) is 0 Å². The van der Waals surface area contributed by atoms with E-state index in [9.17, 15) is 9.59 Å². The third-order valence-corrected chi connectivity index (χ3v) is 5.90. The van der Waals surface area contributed by atoms with E-state index in [1.54, 1.807) is 11.3 Å². The van der Waals surface area contributed by atoms with Gasteiger partial charge in [-0.2, -0.15) is 11.3 Å². The average Bonchev–Trinajstić information content (AvgIpc) is 3.49. The quantitative estimate of drug-likeness (QED) is 0.579. The number of aromatic nitrogens is 2. The van der Waals surface area contributed by atoms with Crippen molar-refractivity contribution in [2.24, 2.45) is 0 Å². The lowest BCUT2D eigenvalue weighted by Crippen LogP contribution is -2.51. The van der Waals surface area contributed by atoms with Crippen LogP contribution < -0.4 is 5.32 Å². The fraction of sp³-hybridized carbons (Fsp3) is 0.364. The number of amides is 2. The topological polar surface area (TPSA) is 91.6 Å². The summed E-state index contributed by atoms with van der Waals surface area (Å²) in [6.07, 6.45) is 0.765. The molecule has 1 aliphatic rings. The lowest BCUT2D eigenvalue weighted by atomic mass is 10.2. The van der Waals surface area contributed by atoms with Gasteiger partial charge in [-0.05, 0) is 17.0 Å². The molecular formula is C22H25N5O3S. The molecule has 9 heteroatoms. The molecule has 0 atom stereocenters.